The Labute approximate surface area is 138 Å². The number of rotatable bonds is 2. The van der Waals surface area contributed by atoms with Gasteiger partial charge in [-0.2, -0.15) is 0 Å². The summed E-state index contributed by atoms with van der Waals surface area (Å²) < 4.78 is 17.3. The summed E-state index contributed by atoms with van der Waals surface area (Å²) >= 11 is 0. The van der Waals surface area contributed by atoms with Crippen molar-refractivity contribution in [2.45, 2.75) is 27.3 Å². The Balaban J connectivity index is 1.98. The van der Waals surface area contributed by atoms with Gasteiger partial charge in [0.2, 0.25) is 0 Å². The Hall–Kier alpha value is -1.46. The van der Waals surface area contributed by atoms with Crippen molar-refractivity contribution in [2.24, 2.45) is 5.92 Å². The van der Waals surface area contributed by atoms with Crippen LogP contribution in [-0.4, -0.2) is 33.7 Å². The quantitative estimate of drug-likeness (QED) is 0.793. The first-order valence-electron chi connectivity index (χ1n) is 8.04. The molecule has 1 aliphatic heterocycles. The minimum atomic E-state index is -0.727. The van der Waals surface area contributed by atoms with Crippen LogP contribution in [-0.2, 0) is 17.3 Å². The standard InChI is InChI=1S/C18H23NO3S/c1-12-9-19(6-7-23(21)11-12)10-15-8-17(20)22-18-14(3)13(2)4-5-16(15)18/h4-5,8,12H,6-7,9-11H2,1-3H3/t12-,23+/m1/s1. The third kappa shape index (κ3) is 3.56. The molecule has 4 nitrogen and oxygen atoms in total. The van der Waals surface area contributed by atoms with Crippen molar-refractivity contribution in [1.82, 2.24) is 4.90 Å². The van der Waals surface area contributed by atoms with Crippen molar-refractivity contribution < 1.29 is 8.63 Å². The van der Waals surface area contributed by atoms with E-state index in [1.54, 1.807) is 6.07 Å². The van der Waals surface area contributed by atoms with E-state index in [-0.39, 0.29) is 5.63 Å². The van der Waals surface area contributed by atoms with Crippen LogP contribution in [0.15, 0.2) is 27.4 Å². The van der Waals surface area contributed by atoms with Gasteiger partial charge in [0.1, 0.15) is 5.58 Å². The highest BCUT2D eigenvalue weighted by molar-refractivity contribution is 7.85. The van der Waals surface area contributed by atoms with Crippen molar-refractivity contribution in [1.29, 1.82) is 0 Å². The molecule has 0 spiro atoms. The fourth-order valence-corrected chi connectivity index (χ4v) is 4.62. The minimum Gasteiger partial charge on any atom is -0.422 e. The fourth-order valence-electron chi connectivity index (χ4n) is 3.26. The molecule has 5 heteroatoms. The number of nitrogens with zero attached hydrogens (tertiary/aromatic N) is 1. The first-order chi connectivity index (χ1) is 10.9. The Kier molecular flexibility index (Phi) is 4.69. The lowest BCUT2D eigenvalue weighted by Gasteiger charge is -2.22. The van der Waals surface area contributed by atoms with Crippen LogP contribution in [0, 0.1) is 19.8 Å². The zero-order valence-electron chi connectivity index (χ0n) is 13.9. The Bertz CT molecular complexity index is 812. The molecule has 2 heterocycles. The maximum absolute atomic E-state index is 12.0. The molecular weight excluding hydrogens is 310 g/mol. The summed E-state index contributed by atoms with van der Waals surface area (Å²) in [6.07, 6.45) is 0. The molecule has 2 aromatic rings. The lowest BCUT2D eigenvalue weighted by molar-refractivity contribution is 0.257. The van der Waals surface area contributed by atoms with Crippen LogP contribution in [0.1, 0.15) is 23.6 Å². The van der Waals surface area contributed by atoms with Crippen LogP contribution in [0.3, 0.4) is 0 Å². The van der Waals surface area contributed by atoms with Gasteiger partial charge >= 0.3 is 5.63 Å². The van der Waals surface area contributed by atoms with E-state index in [4.69, 9.17) is 4.42 Å². The van der Waals surface area contributed by atoms with Gasteiger partial charge in [0.25, 0.3) is 0 Å². The highest BCUT2D eigenvalue weighted by Gasteiger charge is 2.20. The van der Waals surface area contributed by atoms with E-state index in [0.29, 0.717) is 23.8 Å². The second-order valence-corrected chi connectivity index (χ2v) is 8.25. The topological polar surface area (TPSA) is 50.5 Å². The van der Waals surface area contributed by atoms with Crippen molar-refractivity contribution in [3.8, 4) is 0 Å². The van der Waals surface area contributed by atoms with Gasteiger partial charge in [-0.1, -0.05) is 19.1 Å². The minimum absolute atomic E-state index is 0.298. The first kappa shape index (κ1) is 16.4. The smallest absolute Gasteiger partial charge is 0.336 e. The molecule has 1 aromatic carbocycles. The molecule has 2 atom stereocenters. The number of hydrogen-bond donors (Lipinski definition) is 0. The van der Waals surface area contributed by atoms with Crippen LogP contribution in [0.5, 0.6) is 0 Å². The van der Waals surface area contributed by atoms with Crippen molar-refractivity contribution in [3.05, 3.63) is 45.3 Å². The molecule has 0 N–H and O–H groups in total. The molecule has 1 fully saturated rings. The molecule has 0 bridgehead atoms. The van der Waals surface area contributed by atoms with Crippen LogP contribution >= 0.6 is 0 Å². The maximum Gasteiger partial charge on any atom is 0.336 e. The normalized spacial score (nSPS) is 23.1. The fraction of sp³-hybridized carbons (Fsp3) is 0.500. The van der Waals surface area contributed by atoms with Gasteiger partial charge < -0.3 is 4.42 Å². The highest BCUT2D eigenvalue weighted by atomic mass is 32.2. The summed E-state index contributed by atoms with van der Waals surface area (Å²) in [5, 5.41) is 1.01. The summed E-state index contributed by atoms with van der Waals surface area (Å²) in [5.41, 5.74) is 3.54. The molecule has 0 aliphatic carbocycles. The SMILES string of the molecule is Cc1ccc2c(CN3CC[S@](=O)C[C@H](C)C3)cc(=O)oc2c1C. The Morgan fingerprint density at radius 3 is 2.91 bits per heavy atom. The molecule has 0 unspecified atom stereocenters. The van der Waals surface area contributed by atoms with E-state index in [2.05, 4.69) is 17.9 Å². The van der Waals surface area contributed by atoms with E-state index in [1.807, 2.05) is 19.9 Å². The number of fused-ring (bicyclic) bond motifs is 1. The van der Waals surface area contributed by atoms with Gasteiger partial charge in [-0.25, -0.2) is 4.79 Å². The van der Waals surface area contributed by atoms with Crippen molar-refractivity contribution >= 4 is 21.8 Å². The van der Waals surface area contributed by atoms with Gasteiger partial charge in [0.15, 0.2) is 0 Å². The zero-order chi connectivity index (χ0) is 16.6. The molecule has 23 heavy (non-hydrogen) atoms. The van der Waals surface area contributed by atoms with Crippen LogP contribution in [0.25, 0.3) is 11.0 Å². The summed E-state index contributed by atoms with van der Waals surface area (Å²) in [6.45, 7) is 8.57. The molecule has 1 aliphatic rings. The maximum atomic E-state index is 12.0. The number of aryl methyl sites for hydroxylation is 2. The summed E-state index contributed by atoms with van der Waals surface area (Å²) in [4.78, 5) is 14.3. The second kappa shape index (κ2) is 6.57. The van der Waals surface area contributed by atoms with Crippen LogP contribution < -0.4 is 5.63 Å². The summed E-state index contributed by atoms with van der Waals surface area (Å²) in [7, 11) is -0.727. The second-order valence-electron chi connectivity index (χ2n) is 6.63. The van der Waals surface area contributed by atoms with E-state index >= 15 is 0 Å². The number of hydrogen-bond acceptors (Lipinski definition) is 4. The highest BCUT2D eigenvalue weighted by Crippen LogP contribution is 2.24. The predicted octanol–water partition coefficient (Wildman–Crippen LogP) is 2.61. The molecular formula is C18H23NO3S. The molecule has 3 rings (SSSR count). The Morgan fingerprint density at radius 1 is 1.35 bits per heavy atom. The largest absolute Gasteiger partial charge is 0.422 e. The van der Waals surface area contributed by atoms with Crippen LogP contribution in [0.4, 0.5) is 0 Å². The van der Waals surface area contributed by atoms with Gasteiger partial charge in [-0.15, -0.1) is 0 Å². The molecule has 0 amide bonds. The van der Waals surface area contributed by atoms with Crippen molar-refractivity contribution in [2.75, 3.05) is 24.6 Å². The van der Waals surface area contributed by atoms with Gasteiger partial charge in [0.05, 0.1) is 0 Å². The molecule has 1 saturated heterocycles. The average molecular weight is 333 g/mol. The molecule has 1 aromatic heterocycles. The molecule has 0 radical (unpaired) electrons. The first-order valence-corrected chi connectivity index (χ1v) is 9.53. The number of benzene rings is 1. The summed E-state index contributed by atoms with van der Waals surface area (Å²) in [6, 6.07) is 5.71. The third-order valence-corrected chi connectivity index (χ3v) is 6.17. The summed E-state index contributed by atoms with van der Waals surface area (Å²) in [5.74, 6) is 1.89. The lowest BCUT2D eigenvalue weighted by atomic mass is 10.0. The van der Waals surface area contributed by atoms with E-state index < -0.39 is 10.8 Å². The predicted molar refractivity (Wildman–Crippen MR) is 94.3 cm³/mol. The monoisotopic (exact) mass is 333 g/mol. The zero-order valence-corrected chi connectivity index (χ0v) is 14.7. The van der Waals surface area contributed by atoms with Crippen LogP contribution in [0.2, 0.25) is 0 Å². The van der Waals surface area contributed by atoms with E-state index in [9.17, 15) is 9.00 Å². The lowest BCUT2D eigenvalue weighted by Crippen LogP contribution is -2.29. The van der Waals surface area contributed by atoms with Gasteiger partial charge in [-0.3, -0.25) is 9.11 Å². The van der Waals surface area contributed by atoms with Crippen molar-refractivity contribution in [3.63, 3.8) is 0 Å². The van der Waals surface area contributed by atoms with Gasteiger partial charge in [0, 0.05) is 53.4 Å². The van der Waals surface area contributed by atoms with E-state index in [0.717, 1.165) is 40.9 Å². The molecule has 0 saturated carbocycles. The average Bonchev–Trinajstić information content (AvgIpc) is 2.64. The Morgan fingerprint density at radius 2 is 2.13 bits per heavy atom. The van der Waals surface area contributed by atoms with Gasteiger partial charge in [-0.05, 0) is 36.5 Å². The van der Waals surface area contributed by atoms with E-state index in [1.165, 1.54) is 0 Å². The third-order valence-electron chi connectivity index (χ3n) is 4.59. The molecule has 124 valence electrons.